The number of nitrogens with zero attached hydrogens (tertiary/aromatic N) is 2. The molecular weight excluding hydrogens is 410 g/mol. The Labute approximate surface area is 204 Å². The molecule has 1 amide bonds. The SMILES string of the molecule is CCCCCCCCCCCCCCCCCC[n+]1ccn(CCOC(=O)NCCCC)c1. The molecule has 0 aliphatic rings. The largest absolute Gasteiger partial charge is 0.445 e. The highest BCUT2D eigenvalue weighted by Crippen LogP contribution is 2.13. The monoisotopic (exact) mass is 464 g/mol. The van der Waals surface area contributed by atoms with Gasteiger partial charge in [0.2, 0.25) is 6.33 Å². The van der Waals surface area contributed by atoms with Crippen LogP contribution >= 0.6 is 0 Å². The number of carbonyl (C=O) groups is 1. The molecule has 1 aromatic rings. The van der Waals surface area contributed by atoms with Gasteiger partial charge in [0.1, 0.15) is 25.5 Å². The van der Waals surface area contributed by atoms with Crippen molar-refractivity contribution in [3.05, 3.63) is 18.7 Å². The van der Waals surface area contributed by atoms with Gasteiger partial charge < -0.3 is 10.1 Å². The summed E-state index contributed by atoms with van der Waals surface area (Å²) in [6.45, 7) is 7.27. The second-order valence-electron chi connectivity index (χ2n) is 9.61. The summed E-state index contributed by atoms with van der Waals surface area (Å²) in [5.41, 5.74) is 0. The summed E-state index contributed by atoms with van der Waals surface area (Å²) in [5.74, 6) is 0. The van der Waals surface area contributed by atoms with Gasteiger partial charge in [-0.2, -0.15) is 0 Å². The number of hydrogen-bond donors (Lipinski definition) is 1. The van der Waals surface area contributed by atoms with Crippen molar-refractivity contribution in [2.75, 3.05) is 13.2 Å². The molecular formula is C28H54N3O2+. The van der Waals surface area contributed by atoms with Crippen LogP contribution in [0.3, 0.4) is 0 Å². The highest BCUT2D eigenvalue weighted by Gasteiger charge is 2.06. The number of aryl methyl sites for hydroxylation is 1. The standard InChI is InChI=1S/C28H53N3O2/c1-3-5-7-8-9-10-11-12-13-14-15-16-17-18-19-20-22-30-23-24-31(27-30)25-26-33-28(32)29-21-6-4-2/h23-24,27H,3-22,25-26H2,1-2H3/p+1. The van der Waals surface area contributed by atoms with E-state index in [0.29, 0.717) is 19.7 Å². The maximum Gasteiger partial charge on any atom is 0.407 e. The van der Waals surface area contributed by atoms with Crippen molar-refractivity contribution in [1.29, 1.82) is 0 Å². The van der Waals surface area contributed by atoms with Crippen LogP contribution in [0.4, 0.5) is 4.79 Å². The first-order chi connectivity index (χ1) is 16.3. The smallest absolute Gasteiger partial charge is 0.407 e. The summed E-state index contributed by atoms with van der Waals surface area (Å²) < 4.78 is 9.55. The predicted molar refractivity (Wildman–Crippen MR) is 138 cm³/mol. The van der Waals surface area contributed by atoms with Gasteiger partial charge in [-0.1, -0.05) is 110 Å². The van der Waals surface area contributed by atoms with E-state index in [0.717, 1.165) is 19.4 Å². The first-order valence-corrected chi connectivity index (χ1v) is 14.2. The van der Waals surface area contributed by atoms with Crippen molar-refractivity contribution in [3.63, 3.8) is 0 Å². The molecule has 1 rings (SSSR count). The Morgan fingerprint density at radius 2 is 1.27 bits per heavy atom. The third kappa shape index (κ3) is 18.6. The van der Waals surface area contributed by atoms with Gasteiger partial charge in [0.15, 0.2) is 0 Å². The van der Waals surface area contributed by atoms with Crippen LogP contribution in [0.15, 0.2) is 18.7 Å². The van der Waals surface area contributed by atoms with Gasteiger partial charge >= 0.3 is 6.09 Å². The van der Waals surface area contributed by atoms with E-state index < -0.39 is 0 Å². The van der Waals surface area contributed by atoms with E-state index in [1.165, 1.54) is 103 Å². The molecule has 0 saturated heterocycles. The minimum atomic E-state index is -0.309. The maximum absolute atomic E-state index is 11.5. The molecule has 0 radical (unpaired) electrons. The van der Waals surface area contributed by atoms with Gasteiger partial charge in [-0.3, -0.25) is 0 Å². The zero-order valence-electron chi connectivity index (χ0n) is 22.0. The zero-order valence-corrected chi connectivity index (χ0v) is 22.0. The molecule has 0 spiro atoms. The van der Waals surface area contributed by atoms with Crippen LogP contribution in [-0.4, -0.2) is 23.8 Å². The van der Waals surface area contributed by atoms with E-state index in [2.05, 4.69) is 47.0 Å². The number of ether oxygens (including phenoxy) is 1. The normalized spacial score (nSPS) is 11.1. The Morgan fingerprint density at radius 3 is 1.82 bits per heavy atom. The third-order valence-corrected chi connectivity index (χ3v) is 6.40. The number of hydrogen-bond acceptors (Lipinski definition) is 2. The summed E-state index contributed by atoms with van der Waals surface area (Å²) in [4.78, 5) is 11.5. The molecule has 0 fully saturated rings. The molecule has 5 nitrogen and oxygen atoms in total. The van der Waals surface area contributed by atoms with Gasteiger partial charge in [0.25, 0.3) is 0 Å². The molecule has 0 saturated carbocycles. The van der Waals surface area contributed by atoms with Crippen LogP contribution in [0.25, 0.3) is 0 Å². The van der Waals surface area contributed by atoms with Crippen LogP contribution in [0.5, 0.6) is 0 Å². The molecule has 0 bridgehead atoms. The Hall–Kier alpha value is -1.52. The zero-order chi connectivity index (χ0) is 23.8. The molecule has 0 aliphatic carbocycles. The Bertz CT molecular complexity index is 559. The average molecular weight is 465 g/mol. The Morgan fingerprint density at radius 1 is 0.758 bits per heavy atom. The Kier molecular flexibility index (Phi) is 19.9. The number of imidazole rings is 1. The van der Waals surface area contributed by atoms with Crippen LogP contribution in [0.2, 0.25) is 0 Å². The second kappa shape index (κ2) is 22.3. The van der Waals surface area contributed by atoms with Gasteiger partial charge in [-0.15, -0.1) is 0 Å². The molecule has 33 heavy (non-hydrogen) atoms. The molecule has 1 heterocycles. The number of amides is 1. The van der Waals surface area contributed by atoms with Gasteiger partial charge in [-0.25, -0.2) is 13.9 Å². The topological polar surface area (TPSA) is 47.1 Å². The van der Waals surface area contributed by atoms with Crippen LogP contribution in [0, 0.1) is 0 Å². The number of aromatic nitrogens is 2. The fourth-order valence-electron chi connectivity index (χ4n) is 4.21. The van der Waals surface area contributed by atoms with E-state index in [1.54, 1.807) is 0 Å². The second-order valence-corrected chi connectivity index (χ2v) is 9.61. The summed E-state index contributed by atoms with van der Waals surface area (Å²) >= 11 is 0. The van der Waals surface area contributed by atoms with Crippen LogP contribution in [0.1, 0.15) is 129 Å². The molecule has 192 valence electrons. The third-order valence-electron chi connectivity index (χ3n) is 6.40. The number of rotatable bonds is 23. The first-order valence-electron chi connectivity index (χ1n) is 14.2. The maximum atomic E-state index is 11.5. The summed E-state index contributed by atoms with van der Waals surface area (Å²) in [6, 6.07) is 0. The predicted octanol–water partition coefficient (Wildman–Crippen LogP) is 7.56. The fourth-order valence-corrected chi connectivity index (χ4v) is 4.21. The van der Waals surface area contributed by atoms with Gasteiger partial charge in [0.05, 0.1) is 6.54 Å². The number of unbranched alkanes of at least 4 members (excludes halogenated alkanes) is 16. The lowest BCUT2D eigenvalue weighted by atomic mass is 10.0. The van der Waals surface area contributed by atoms with Crippen LogP contribution < -0.4 is 9.88 Å². The van der Waals surface area contributed by atoms with Gasteiger partial charge in [-0.05, 0) is 19.3 Å². The summed E-state index contributed by atoms with van der Waals surface area (Å²) in [7, 11) is 0. The lowest BCUT2D eigenvalue weighted by molar-refractivity contribution is -0.696. The average Bonchev–Trinajstić information content (AvgIpc) is 3.26. The Balaban J connectivity index is 1.86. The van der Waals surface area contributed by atoms with Crippen molar-refractivity contribution in [3.8, 4) is 0 Å². The van der Waals surface area contributed by atoms with Crippen molar-refractivity contribution < 1.29 is 14.1 Å². The van der Waals surface area contributed by atoms with Crippen molar-refractivity contribution in [2.45, 2.75) is 143 Å². The molecule has 0 atom stereocenters. The van der Waals surface area contributed by atoms with Crippen molar-refractivity contribution >= 4 is 6.09 Å². The van der Waals surface area contributed by atoms with E-state index in [9.17, 15) is 4.79 Å². The van der Waals surface area contributed by atoms with E-state index in [1.807, 2.05) is 0 Å². The quantitative estimate of drug-likeness (QED) is 0.134. The minimum Gasteiger partial charge on any atom is -0.445 e. The highest BCUT2D eigenvalue weighted by molar-refractivity contribution is 5.66. The lowest BCUT2D eigenvalue weighted by Gasteiger charge is -2.04. The van der Waals surface area contributed by atoms with E-state index >= 15 is 0 Å². The first kappa shape index (κ1) is 29.5. The van der Waals surface area contributed by atoms with E-state index in [4.69, 9.17) is 4.74 Å². The summed E-state index contributed by atoms with van der Waals surface area (Å²) in [6.07, 6.45) is 30.5. The molecule has 0 aliphatic heterocycles. The van der Waals surface area contributed by atoms with Crippen molar-refractivity contribution in [1.82, 2.24) is 9.88 Å². The van der Waals surface area contributed by atoms with Crippen LogP contribution in [-0.2, 0) is 17.8 Å². The molecule has 1 aromatic heterocycles. The summed E-state index contributed by atoms with van der Waals surface area (Å²) in [5, 5.41) is 2.77. The highest BCUT2D eigenvalue weighted by atomic mass is 16.5. The van der Waals surface area contributed by atoms with Gasteiger partial charge in [0, 0.05) is 6.54 Å². The number of nitrogens with one attached hydrogen (secondary N) is 1. The molecule has 0 unspecified atom stereocenters. The molecule has 5 heteroatoms. The number of alkyl carbamates (subject to hydrolysis) is 1. The fraction of sp³-hybridized carbons (Fsp3) is 0.857. The lowest BCUT2D eigenvalue weighted by Crippen LogP contribution is -2.31. The van der Waals surface area contributed by atoms with E-state index in [-0.39, 0.29) is 6.09 Å². The minimum absolute atomic E-state index is 0.309. The van der Waals surface area contributed by atoms with Crippen molar-refractivity contribution in [2.24, 2.45) is 0 Å². The number of carbonyl (C=O) groups excluding carboxylic acids is 1. The molecule has 0 aromatic carbocycles. The molecule has 1 N–H and O–H groups in total.